The van der Waals surface area contributed by atoms with Crippen molar-refractivity contribution in [1.82, 2.24) is 9.78 Å². The molecule has 4 nitrogen and oxygen atoms in total. The molecule has 2 saturated carbocycles. The van der Waals surface area contributed by atoms with Gasteiger partial charge >= 0.3 is 0 Å². The smallest absolute Gasteiger partial charge is 0.123 e. The lowest BCUT2D eigenvalue weighted by Crippen LogP contribution is -2.49. The van der Waals surface area contributed by atoms with E-state index in [1.165, 1.54) is 17.7 Å². The van der Waals surface area contributed by atoms with Gasteiger partial charge in [-0.05, 0) is 97.9 Å². The van der Waals surface area contributed by atoms with E-state index in [1.54, 1.807) is 12.1 Å². The minimum absolute atomic E-state index is 0.0272. The molecule has 0 unspecified atom stereocenters. The number of rotatable bonds is 6. The van der Waals surface area contributed by atoms with Crippen LogP contribution in [0.25, 0.3) is 11.8 Å². The second-order valence-corrected chi connectivity index (χ2v) is 9.99. The van der Waals surface area contributed by atoms with Crippen LogP contribution in [0.15, 0.2) is 60.3 Å². The Morgan fingerprint density at radius 2 is 1.82 bits per heavy atom. The first-order chi connectivity index (χ1) is 16.0. The molecule has 1 aromatic heterocycles. The minimum Gasteiger partial charge on any atom is -0.392 e. The standard InChI is InChI=1S/C28H29FN2O2/c29-24-7-9-25(10-8-24)31-26-15-23-12-14-27(33,13-11-19-3-1-2-4-20(19)18-32)28(23,22-5-6-22)16-21(26)17-30-31/h1-4,7-10,15,17,22,32-33H,5-6,11-14,16,18H2/t27-,28+/m0/s1. The maximum absolute atomic E-state index is 13.4. The third kappa shape index (κ3) is 3.21. The van der Waals surface area contributed by atoms with E-state index in [0.717, 1.165) is 66.6 Å². The molecule has 0 saturated heterocycles. The number of halogens is 1. The van der Waals surface area contributed by atoms with Crippen LogP contribution in [0.3, 0.4) is 0 Å². The first kappa shape index (κ1) is 20.8. The molecule has 0 spiro atoms. The molecule has 6 rings (SSSR count). The molecule has 1 heterocycles. The summed E-state index contributed by atoms with van der Waals surface area (Å²) < 4.78 is 15.3. The number of benzene rings is 2. The molecule has 3 aliphatic rings. The fourth-order valence-corrected chi connectivity index (χ4v) is 6.51. The van der Waals surface area contributed by atoms with Crippen molar-refractivity contribution in [2.75, 3.05) is 0 Å². The van der Waals surface area contributed by atoms with Crippen molar-refractivity contribution in [1.29, 1.82) is 0 Å². The molecular weight excluding hydrogens is 415 g/mol. The largest absolute Gasteiger partial charge is 0.392 e. The van der Waals surface area contributed by atoms with Crippen molar-refractivity contribution in [2.45, 2.75) is 57.2 Å². The molecule has 3 aliphatic carbocycles. The number of aliphatic hydroxyl groups excluding tert-OH is 1. The first-order valence-electron chi connectivity index (χ1n) is 12.0. The summed E-state index contributed by atoms with van der Waals surface area (Å²) >= 11 is 0. The molecule has 3 aromatic rings. The van der Waals surface area contributed by atoms with Crippen LogP contribution in [0.1, 0.15) is 54.5 Å². The van der Waals surface area contributed by atoms with E-state index in [4.69, 9.17) is 0 Å². The zero-order valence-corrected chi connectivity index (χ0v) is 18.7. The Morgan fingerprint density at radius 1 is 1.06 bits per heavy atom. The molecule has 2 atom stereocenters. The lowest BCUT2D eigenvalue weighted by Gasteiger charge is -2.46. The van der Waals surface area contributed by atoms with Crippen LogP contribution in [0.4, 0.5) is 4.39 Å². The summed E-state index contributed by atoms with van der Waals surface area (Å²) in [7, 11) is 0. The molecule has 2 N–H and O–H groups in total. The van der Waals surface area contributed by atoms with Crippen molar-refractivity contribution in [3.63, 3.8) is 0 Å². The average molecular weight is 445 g/mol. The minimum atomic E-state index is -0.766. The Kier molecular flexibility index (Phi) is 4.82. The van der Waals surface area contributed by atoms with Gasteiger partial charge in [0.1, 0.15) is 5.82 Å². The molecule has 33 heavy (non-hydrogen) atoms. The highest BCUT2D eigenvalue weighted by Crippen LogP contribution is 2.66. The molecule has 0 aliphatic heterocycles. The van der Waals surface area contributed by atoms with Crippen molar-refractivity contribution >= 4 is 6.08 Å². The Morgan fingerprint density at radius 3 is 2.55 bits per heavy atom. The molecule has 5 heteroatoms. The zero-order chi connectivity index (χ0) is 22.6. The second-order valence-electron chi connectivity index (χ2n) is 9.99. The summed E-state index contributed by atoms with van der Waals surface area (Å²) in [6.07, 6.45) is 10.4. The molecule has 0 radical (unpaired) electrons. The number of aryl methyl sites for hydroxylation is 1. The van der Waals surface area contributed by atoms with Crippen molar-refractivity contribution in [3.05, 3.63) is 88.5 Å². The van der Waals surface area contributed by atoms with Gasteiger partial charge in [0.25, 0.3) is 0 Å². The van der Waals surface area contributed by atoms with E-state index in [9.17, 15) is 14.6 Å². The summed E-state index contributed by atoms with van der Waals surface area (Å²) in [5.74, 6) is 0.251. The van der Waals surface area contributed by atoms with Crippen molar-refractivity contribution in [3.8, 4) is 5.69 Å². The normalized spacial score (nSPS) is 26.1. The van der Waals surface area contributed by atoms with Crippen LogP contribution in [0.2, 0.25) is 0 Å². The number of hydrogen-bond acceptors (Lipinski definition) is 3. The highest BCUT2D eigenvalue weighted by Gasteiger charge is 2.63. The van der Waals surface area contributed by atoms with Crippen LogP contribution >= 0.6 is 0 Å². The molecule has 0 amide bonds. The third-order valence-electron chi connectivity index (χ3n) is 8.32. The summed E-state index contributed by atoms with van der Waals surface area (Å²) in [5.41, 5.74) is 5.48. The number of aliphatic hydroxyl groups is 2. The third-order valence-corrected chi connectivity index (χ3v) is 8.32. The lowest BCUT2D eigenvalue weighted by molar-refractivity contribution is -0.0661. The quantitative estimate of drug-likeness (QED) is 0.563. The van der Waals surface area contributed by atoms with E-state index in [-0.39, 0.29) is 17.8 Å². The number of fused-ring (bicyclic) bond motifs is 2. The van der Waals surface area contributed by atoms with Gasteiger partial charge in [0.15, 0.2) is 0 Å². The predicted molar refractivity (Wildman–Crippen MR) is 125 cm³/mol. The molecule has 2 fully saturated rings. The number of aromatic nitrogens is 2. The van der Waals surface area contributed by atoms with Gasteiger partial charge in [-0.2, -0.15) is 5.10 Å². The monoisotopic (exact) mass is 444 g/mol. The summed E-state index contributed by atoms with van der Waals surface area (Å²) in [5, 5.41) is 26.6. The van der Waals surface area contributed by atoms with Gasteiger partial charge in [-0.25, -0.2) is 9.07 Å². The SMILES string of the molecule is OCc1ccccc1CC[C@]1(O)CCC2=Cc3c(cnn3-c3ccc(F)cc3)C[C@@]21C1CC1. The number of hydrogen-bond donors (Lipinski definition) is 2. The lowest BCUT2D eigenvalue weighted by atomic mass is 9.61. The van der Waals surface area contributed by atoms with E-state index >= 15 is 0 Å². The van der Waals surface area contributed by atoms with Crippen molar-refractivity contribution in [2.24, 2.45) is 11.3 Å². The van der Waals surface area contributed by atoms with Crippen LogP contribution in [0, 0.1) is 17.2 Å². The van der Waals surface area contributed by atoms with Crippen LogP contribution < -0.4 is 0 Å². The molecule has 0 bridgehead atoms. The summed E-state index contributed by atoms with van der Waals surface area (Å²) in [6.45, 7) is 0.0272. The zero-order valence-electron chi connectivity index (χ0n) is 18.7. The van der Waals surface area contributed by atoms with Crippen LogP contribution in [-0.4, -0.2) is 25.6 Å². The number of nitrogens with zero attached hydrogens (tertiary/aromatic N) is 2. The van der Waals surface area contributed by atoms with Gasteiger partial charge in [0, 0.05) is 5.41 Å². The summed E-state index contributed by atoms with van der Waals surface area (Å²) in [6, 6.07) is 14.4. The van der Waals surface area contributed by atoms with Crippen LogP contribution in [-0.2, 0) is 19.4 Å². The van der Waals surface area contributed by atoms with E-state index in [2.05, 4.69) is 17.2 Å². The highest BCUT2D eigenvalue weighted by molar-refractivity contribution is 5.63. The van der Waals surface area contributed by atoms with Gasteiger partial charge in [-0.3, -0.25) is 0 Å². The highest BCUT2D eigenvalue weighted by atomic mass is 19.1. The van der Waals surface area contributed by atoms with Gasteiger partial charge in [-0.1, -0.05) is 29.8 Å². The topological polar surface area (TPSA) is 58.3 Å². The second kappa shape index (κ2) is 7.64. The Bertz CT molecular complexity index is 1230. The van der Waals surface area contributed by atoms with Crippen molar-refractivity contribution < 1.29 is 14.6 Å². The fraction of sp³-hybridized carbons (Fsp3) is 0.393. The Hall–Kier alpha value is -2.76. The Balaban J connectivity index is 1.35. The maximum atomic E-state index is 13.4. The van der Waals surface area contributed by atoms with Gasteiger partial charge in [-0.15, -0.1) is 0 Å². The van der Waals surface area contributed by atoms with E-state index < -0.39 is 5.60 Å². The molecular formula is C28H29FN2O2. The molecule has 2 aromatic carbocycles. The van der Waals surface area contributed by atoms with Gasteiger partial charge in [0.05, 0.1) is 29.8 Å². The van der Waals surface area contributed by atoms with Gasteiger partial charge in [0.2, 0.25) is 0 Å². The van der Waals surface area contributed by atoms with E-state index in [0.29, 0.717) is 12.3 Å². The average Bonchev–Trinajstić information content (AvgIpc) is 3.56. The Labute approximate surface area is 193 Å². The maximum Gasteiger partial charge on any atom is 0.123 e. The van der Waals surface area contributed by atoms with Crippen LogP contribution in [0.5, 0.6) is 0 Å². The van der Waals surface area contributed by atoms with Gasteiger partial charge < -0.3 is 10.2 Å². The van der Waals surface area contributed by atoms with E-state index in [1.807, 2.05) is 29.1 Å². The summed E-state index contributed by atoms with van der Waals surface area (Å²) in [4.78, 5) is 0. The first-order valence-corrected chi connectivity index (χ1v) is 12.0. The molecule has 170 valence electrons. The fourth-order valence-electron chi connectivity index (χ4n) is 6.51. The predicted octanol–water partition coefficient (Wildman–Crippen LogP) is 5.00.